The SMILES string of the molecule is CC[C@H](N)CCCc1cc(Cl)c(F)c(-c2cc3cn(-c4ccc(CN5CC[C@H](CN)NC5=N)cc4)c(=O)nc3[nH]2)c1. The molecule has 11 heteroatoms. The first-order chi connectivity index (χ1) is 19.7. The number of rotatable bonds is 10. The zero-order valence-electron chi connectivity index (χ0n) is 23.1. The van der Waals surface area contributed by atoms with Gasteiger partial charge in [0.2, 0.25) is 0 Å². The topological polar surface area (TPSA) is 142 Å². The number of hydrogen-bond acceptors (Lipinski definition) is 5. The summed E-state index contributed by atoms with van der Waals surface area (Å²) in [4.78, 5) is 22.2. The zero-order valence-corrected chi connectivity index (χ0v) is 23.8. The number of halogens is 2. The number of aromatic nitrogens is 3. The van der Waals surface area contributed by atoms with Crippen LogP contribution in [0.2, 0.25) is 5.02 Å². The first-order valence-electron chi connectivity index (χ1n) is 14.0. The van der Waals surface area contributed by atoms with E-state index in [1.165, 1.54) is 4.57 Å². The predicted molar refractivity (Wildman–Crippen MR) is 162 cm³/mol. The average molecular weight is 579 g/mol. The number of guanidine groups is 1. The summed E-state index contributed by atoms with van der Waals surface area (Å²) in [6.45, 7) is 3.90. The number of fused-ring (bicyclic) bond motifs is 1. The largest absolute Gasteiger partial charge is 0.354 e. The molecule has 0 amide bonds. The van der Waals surface area contributed by atoms with Crippen LogP contribution in [0, 0.1) is 11.2 Å². The van der Waals surface area contributed by atoms with Crippen LogP contribution in [0.4, 0.5) is 4.39 Å². The maximum absolute atomic E-state index is 15.1. The number of nitrogens with two attached hydrogens (primary N) is 2. The van der Waals surface area contributed by atoms with Crippen molar-refractivity contribution in [2.75, 3.05) is 13.1 Å². The monoisotopic (exact) mass is 578 g/mol. The van der Waals surface area contributed by atoms with E-state index < -0.39 is 11.5 Å². The fourth-order valence-electron chi connectivity index (χ4n) is 5.18. The molecule has 0 saturated carbocycles. The van der Waals surface area contributed by atoms with Crippen LogP contribution in [0.15, 0.2) is 53.5 Å². The van der Waals surface area contributed by atoms with Crippen molar-refractivity contribution in [3.8, 4) is 16.9 Å². The molecule has 5 rings (SSSR count). The maximum atomic E-state index is 15.1. The van der Waals surface area contributed by atoms with E-state index in [4.69, 9.17) is 28.5 Å². The highest BCUT2D eigenvalue weighted by Crippen LogP contribution is 2.31. The molecule has 1 fully saturated rings. The van der Waals surface area contributed by atoms with E-state index in [2.05, 4.69) is 22.2 Å². The lowest BCUT2D eigenvalue weighted by Gasteiger charge is -2.34. The van der Waals surface area contributed by atoms with Crippen LogP contribution in [0.25, 0.3) is 28.0 Å². The molecule has 9 nitrogen and oxygen atoms in total. The van der Waals surface area contributed by atoms with Gasteiger partial charge in [-0.1, -0.05) is 30.7 Å². The van der Waals surface area contributed by atoms with Gasteiger partial charge in [-0.2, -0.15) is 4.98 Å². The summed E-state index contributed by atoms with van der Waals surface area (Å²) in [5.41, 5.74) is 15.1. The molecule has 4 aromatic rings. The molecule has 0 radical (unpaired) electrons. The van der Waals surface area contributed by atoms with Gasteiger partial charge >= 0.3 is 5.69 Å². The standard InChI is InChI=1S/C30H36ClFN8O/c1-2-21(34)5-3-4-19-12-24(27(32)25(31)13-19)26-14-20-17-40(30(41)38-28(20)37-26)23-8-6-18(7-9-23)16-39-11-10-22(15-33)36-29(39)35/h6-9,12-14,17,21-22H,2-5,10-11,15-16,33-34H2,1H3,(H2,35,36)(H,37,38,41)/t21-,22+/m0/s1. The number of aryl methyl sites for hydroxylation is 1. The van der Waals surface area contributed by atoms with Crippen molar-refractivity contribution in [3.63, 3.8) is 0 Å². The summed E-state index contributed by atoms with van der Waals surface area (Å²) in [5.74, 6) is -0.151. The van der Waals surface area contributed by atoms with Crippen LogP contribution >= 0.6 is 11.6 Å². The molecule has 7 N–H and O–H groups in total. The number of nitrogens with one attached hydrogen (secondary N) is 3. The molecule has 0 bridgehead atoms. The van der Waals surface area contributed by atoms with E-state index in [0.717, 1.165) is 49.8 Å². The lowest BCUT2D eigenvalue weighted by atomic mass is 10.0. The normalized spacial score (nSPS) is 16.3. The Labute approximate surface area is 243 Å². The van der Waals surface area contributed by atoms with E-state index in [9.17, 15) is 4.79 Å². The summed E-state index contributed by atoms with van der Waals surface area (Å²) in [6.07, 6.45) is 6.01. The Morgan fingerprint density at radius 2 is 2.00 bits per heavy atom. The fraction of sp³-hybridized carbons (Fsp3) is 0.367. The van der Waals surface area contributed by atoms with Crippen LogP contribution in [0.1, 0.15) is 43.7 Å². The van der Waals surface area contributed by atoms with E-state index in [1.807, 2.05) is 29.2 Å². The van der Waals surface area contributed by atoms with Gasteiger partial charge in [0.25, 0.3) is 0 Å². The second kappa shape index (κ2) is 12.4. The van der Waals surface area contributed by atoms with Crippen LogP contribution in [-0.4, -0.2) is 50.6 Å². The Morgan fingerprint density at radius 3 is 2.71 bits per heavy atom. The van der Waals surface area contributed by atoms with E-state index in [0.29, 0.717) is 47.0 Å². The Balaban J connectivity index is 1.36. The lowest BCUT2D eigenvalue weighted by Crippen LogP contribution is -2.54. The van der Waals surface area contributed by atoms with Crippen molar-refractivity contribution < 1.29 is 4.39 Å². The van der Waals surface area contributed by atoms with Crippen LogP contribution in [-0.2, 0) is 13.0 Å². The molecule has 1 saturated heterocycles. The minimum Gasteiger partial charge on any atom is -0.352 e. The second-order valence-corrected chi connectivity index (χ2v) is 11.1. The zero-order chi connectivity index (χ0) is 29.1. The molecule has 0 aliphatic carbocycles. The highest BCUT2D eigenvalue weighted by atomic mass is 35.5. The fourth-order valence-corrected chi connectivity index (χ4v) is 5.42. The Hall–Kier alpha value is -3.73. The van der Waals surface area contributed by atoms with Crippen LogP contribution in [0.5, 0.6) is 0 Å². The minimum atomic E-state index is -0.520. The van der Waals surface area contributed by atoms with Crippen molar-refractivity contribution in [2.45, 2.75) is 57.7 Å². The highest BCUT2D eigenvalue weighted by Gasteiger charge is 2.21. The maximum Gasteiger partial charge on any atom is 0.354 e. The van der Waals surface area contributed by atoms with Gasteiger partial charge in [-0.25, -0.2) is 9.18 Å². The third-order valence-corrected chi connectivity index (χ3v) is 8.00. The number of nitrogens with zero attached hydrogens (tertiary/aromatic N) is 3. The number of hydrogen-bond donors (Lipinski definition) is 5. The molecular weight excluding hydrogens is 543 g/mol. The van der Waals surface area contributed by atoms with E-state index in [-0.39, 0.29) is 17.1 Å². The van der Waals surface area contributed by atoms with Crippen LogP contribution in [0.3, 0.4) is 0 Å². The van der Waals surface area contributed by atoms with Gasteiger partial charge in [0.15, 0.2) is 11.8 Å². The van der Waals surface area contributed by atoms with E-state index in [1.54, 1.807) is 24.4 Å². The second-order valence-electron chi connectivity index (χ2n) is 10.7. The lowest BCUT2D eigenvalue weighted by molar-refractivity contribution is 0.320. The van der Waals surface area contributed by atoms with Crippen molar-refractivity contribution in [2.24, 2.45) is 11.5 Å². The molecule has 1 aliphatic rings. The van der Waals surface area contributed by atoms with Crippen molar-refractivity contribution in [1.29, 1.82) is 5.41 Å². The van der Waals surface area contributed by atoms with E-state index >= 15 is 4.39 Å². The summed E-state index contributed by atoms with van der Waals surface area (Å²) in [5, 5.41) is 12.1. The first-order valence-corrected chi connectivity index (χ1v) is 14.4. The quantitative estimate of drug-likeness (QED) is 0.190. The van der Waals surface area contributed by atoms with Crippen molar-refractivity contribution in [3.05, 3.63) is 81.1 Å². The Kier molecular flexibility index (Phi) is 8.72. The van der Waals surface area contributed by atoms with Gasteiger partial charge in [0, 0.05) is 48.9 Å². The molecular formula is C30H36ClFN8O. The van der Waals surface area contributed by atoms with Crippen LogP contribution < -0.4 is 22.5 Å². The summed E-state index contributed by atoms with van der Waals surface area (Å²) >= 11 is 6.26. The van der Waals surface area contributed by atoms with Gasteiger partial charge in [-0.15, -0.1) is 0 Å². The van der Waals surface area contributed by atoms with Gasteiger partial charge in [-0.05, 0) is 73.6 Å². The van der Waals surface area contributed by atoms with Gasteiger partial charge in [0.05, 0.1) is 16.4 Å². The average Bonchev–Trinajstić information content (AvgIpc) is 3.38. The Morgan fingerprint density at radius 1 is 1.22 bits per heavy atom. The third kappa shape index (κ3) is 6.45. The molecule has 2 atom stereocenters. The summed E-state index contributed by atoms with van der Waals surface area (Å²) in [6, 6.07) is 13.1. The first kappa shape index (κ1) is 28.8. The predicted octanol–water partition coefficient (Wildman–Crippen LogP) is 4.29. The smallest absolute Gasteiger partial charge is 0.352 e. The molecule has 3 heterocycles. The summed E-state index contributed by atoms with van der Waals surface area (Å²) in [7, 11) is 0. The van der Waals surface area contributed by atoms with Gasteiger partial charge in [-0.3, -0.25) is 9.98 Å². The Bertz CT molecular complexity index is 1600. The van der Waals surface area contributed by atoms with Crippen molar-refractivity contribution >= 4 is 28.6 Å². The molecule has 216 valence electrons. The third-order valence-electron chi connectivity index (χ3n) is 7.73. The van der Waals surface area contributed by atoms with Gasteiger partial charge < -0.3 is 26.7 Å². The minimum absolute atomic E-state index is 0.0539. The summed E-state index contributed by atoms with van der Waals surface area (Å²) < 4.78 is 16.6. The molecule has 0 unspecified atom stereocenters. The molecule has 0 spiro atoms. The number of H-pyrrole nitrogens is 1. The van der Waals surface area contributed by atoms with Crippen molar-refractivity contribution in [1.82, 2.24) is 24.8 Å². The number of benzene rings is 2. The molecule has 2 aromatic heterocycles. The molecule has 1 aliphatic heterocycles. The van der Waals surface area contributed by atoms with Gasteiger partial charge in [0.1, 0.15) is 5.65 Å². The number of aromatic amines is 1. The molecule has 41 heavy (non-hydrogen) atoms. The molecule has 2 aromatic carbocycles. The highest BCUT2D eigenvalue weighted by molar-refractivity contribution is 6.31.